The summed E-state index contributed by atoms with van der Waals surface area (Å²) in [5, 5.41) is 2.82. The van der Waals surface area contributed by atoms with E-state index in [2.05, 4.69) is 59.6 Å². The van der Waals surface area contributed by atoms with E-state index in [0.717, 1.165) is 67.0 Å². The summed E-state index contributed by atoms with van der Waals surface area (Å²) in [6, 6.07) is 40.9. The molecule has 1 amide bonds. The van der Waals surface area contributed by atoms with Crippen LogP contribution in [-0.4, -0.2) is 39.0 Å². The number of amides is 1. The maximum atomic E-state index is 13.0. The second-order valence-electron chi connectivity index (χ2n) is 9.36. The van der Waals surface area contributed by atoms with Crippen molar-refractivity contribution in [2.45, 2.75) is 6.61 Å². The van der Waals surface area contributed by atoms with Gasteiger partial charge in [0.15, 0.2) is 0 Å². The fourth-order valence-electron chi connectivity index (χ4n) is 4.45. The van der Waals surface area contributed by atoms with Crippen molar-refractivity contribution < 1.29 is 9.53 Å². The molecule has 0 aliphatic carbocycles. The van der Waals surface area contributed by atoms with Gasteiger partial charge in [-0.3, -0.25) is 0 Å². The average molecular weight is 535 g/mol. The minimum absolute atomic E-state index is 0.222. The van der Waals surface area contributed by atoms with E-state index in [-0.39, 0.29) is 5.91 Å². The third-order valence-electron chi connectivity index (χ3n) is 6.49. The van der Waals surface area contributed by atoms with Crippen molar-refractivity contribution >= 4 is 81.8 Å². The molecule has 1 aliphatic rings. The minimum atomic E-state index is -0.222. The third-order valence-corrected chi connectivity index (χ3v) is 8.12. The number of para-hydroxylation sites is 1. The molecular formula is C33H23N2NaO2S. The van der Waals surface area contributed by atoms with Gasteiger partial charge in [-0.05, 0) is 23.1 Å². The van der Waals surface area contributed by atoms with Crippen molar-refractivity contribution in [2.75, 3.05) is 4.90 Å². The Morgan fingerprint density at radius 1 is 0.769 bits per heavy atom. The number of aliphatic imine (C=N–C) groups is 1. The van der Waals surface area contributed by atoms with E-state index < -0.39 is 0 Å². The average Bonchev–Trinajstić information content (AvgIpc) is 3.33. The number of rotatable bonds is 6. The number of hydrogen-bond acceptors (Lipinski definition) is 4. The first-order valence-corrected chi connectivity index (χ1v) is 14.6. The molecule has 0 fully saturated rings. The van der Waals surface area contributed by atoms with Crippen LogP contribution in [-0.2, 0) is 11.4 Å². The van der Waals surface area contributed by atoms with Gasteiger partial charge in [-0.1, -0.05) is 36.4 Å². The molecule has 0 saturated carbocycles. The normalized spacial score (nSPS) is 14.1. The van der Waals surface area contributed by atoms with Gasteiger partial charge in [-0.2, -0.15) is 0 Å². The number of amidine groups is 1. The summed E-state index contributed by atoms with van der Waals surface area (Å²) in [6.07, 6.45) is 1.92. The first kappa shape index (κ1) is 25.7. The van der Waals surface area contributed by atoms with Gasteiger partial charge in [0.2, 0.25) is 0 Å². The van der Waals surface area contributed by atoms with Crippen LogP contribution < -0.4 is 12.4 Å². The van der Waals surface area contributed by atoms with Crippen molar-refractivity contribution in [3.8, 4) is 5.75 Å². The Hall–Kier alpha value is -3.61. The van der Waals surface area contributed by atoms with Crippen LogP contribution in [0, 0.1) is 0 Å². The Morgan fingerprint density at radius 3 is 2.21 bits per heavy atom. The van der Waals surface area contributed by atoms with Gasteiger partial charge in [0.25, 0.3) is 0 Å². The molecule has 0 spiro atoms. The van der Waals surface area contributed by atoms with Crippen LogP contribution in [0.3, 0.4) is 0 Å². The van der Waals surface area contributed by atoms with Crippen molar-refractivity contribution in [1.29, 1.82) is 0 Å². The van der Waals surface area contributed by atoms with Crippen molar-refractivity contribution in [1.82, 2.24) is 0 Å². The summed E-state index contributed by atoms with van der Waals surface area (Å²) in [6.45, 7) is 0.530. The van der Waals surface area contributed by atoms with Crippen molar-refractivity contribution in [3.05, 3.63) is 137 Å². The maximum absolute atomic E-state index is 13.0. The van der Waals surface area contributed by atoms with Gasteiger partial charge >= 0.3 is 174 Å². The number of anilines is 2. The van der Waals surface area contributed by atoms with Gasteiger partial charge in [0.05, 0.1) is 0 Å². The van der Waals surface area contributed by atoms with Crippen LogP contribution in [0.25, 0.3) is 16.8 Å². The van der Waals surface area contributed by atoms with E-state index in [1.54, 1.807) is 0 Å². The van der Waals surface area contributed by atoms with E-state index in [4.69, 9.17) is 4.74 Å². The molecule has 1 heterocycles. The molecule has 6 heteroatoms. The predicted octanol–water partition coefficient (Wildman–Crippen LogP) is 7.02. The molecule has 0 radical (unpaired) electrons. The summed E-state index contributed by atoms with van der Waals surface area (Å²) in [5.74, 6) is 0.608. The fraction of sp³-hybridized carbons (Fsp3) is 0.0303. The zero-order chi connectivity index (χ0) is 26.6. The number of thioether (sulfide) groups is 1. The molecule has 5 aromatic carbocycles. The standard InChI is InChI=1S/C33H23N2O2S.Na/c36-32-31(38-33(34-32)35(28-12-6-2-7-13-28)29-14-8-3-9-15-29)21-25-16-17-27-22-30(19-18-26(27)20-25)37-23-24-10-4-1-5-11-24;/h1-2,4-22H,23H2;/b31-21-;. The van der Waals surface area contributed by atoms with E-state index >= 15 is 0 Å². The Balaban J connectivity index is 1.23. The van der Waals surface area contributed by atoms with Crippen molar-refractivity contribution in [3.63, 3.8) is 0 Å². The number of fused-ring (bicyclic) bond motifs is 1. The second kappa shape index (κ2) is 11.6. The number of nitrogens with zero attached hydrogens (tertiary/aromatic N) is 2. The summed E-state index contributed by atoms with van der Waals surface area (Å²) < 4.78 is 7.30. The van der Waals surface area contributed by atoms with Crippen LogP contribution in [0.1, 0.15) is 11.1 Å². The summed E-state index contributed by atoms with van der Waals surface area (Å²) >= 11 is 2.39. The third kappa shape index (κ3) is 6.02. The van der Waals surface area contributed by atoms with Gasteiger partial charge in [0, 0.05) is 0 Å². The molecule has 0 bridgehead atoms. The van der Waals surface area contributed by atoms with Crippen LogP contribution in [0.5, 0.6) is 5.75 Å². The predicted molar refractivity (Wildman–Crippen MR) is 163 cm³/mol. The molecule has 5 aromatic rings. The molecule has 0 saturated heterocycles. The number of carbonyl (C=O) groups excluding carboxylic acids is 1. The first-order valence-electron chi connectivity index (χ1n) is 12.8. The zero-order valence-electron chi connectivity index (χ0n) is 21.5. The Bertz CT molecular complexity index is 1700. The molecular weight excluding hydrogens is 511 g/mol. The zero-order valence-corrected chi connectivity index (χ0v) is 24.3. The Kier molecular flexibility index (Phi) is 7.66. The topological polar surface area (TPSA) is 41.9 Å². The van der Waals surface area contributed by atoms with Gasteiger partial charge in [-0.25, -0.2) is 0 Å². The fourth-order valence-corrected chi connectivity index (χ4v) is 5.74. The molecule has 0 aromatic heterocycles. The van der Waals surface area contributed by atoms with Crippen LogP contribution in [0.15, 0.2) is 131 Å². The molecule has 0 unspecified atom stereocenters. The molecule has 6 rings (SSSR count). The summed E-state index contributed by atoms with van der Waals surface area (Å²) in [5.41, 5.74) is 4.04. The first-order chi connectivity index (χ1) is 19.1. The SMILES string of the molecule is O=C1N=C(N(c2ccccc2)c2cc[c]([Na])cc2)S/C1=C\c1ccc2cc(OCc3ccccc3)ccc2c1. The molecule has 1 aliphatic heterocycles. The molecule has 4 nitrogen and oxygen atoms in total. The quantitative estimate of drug-likeness (QED) is 0.173. The van der Waals surface area contributed by atoms with E-state index in [0.29, 0.717) is 16.7 Å². The Labute approximate surface area is 249 Å². The van der Waals surface area contributed by atoms with Crippen molar-refractivity contribution in [2.24, 2.45) is 4.99 Å². The molecule has 39 heavy (non-hydrogen) atoms. The Morgan fingerprint density at radius 2 is 1.44 bits per heavy atom. The number of benzene rings is 5. The van der Waals surface area contributed by atoms with Crippen LogP contribution >= 0.6 is 11.8 Å². The molecule has 184 valence electrons. The summed E-state index contributed by atoms with van der Waals surface area (Å²) in [7, 11) is 0. The monoisotopic (exact) mass is 534 g/mol. The number of ether oxygens (including phenoxy) is 1. The number of carbonyl (C=O) groups is 1. The van der Waals surface area contributed by atoms with Crippen LogP contribution in [0.2, 0.25) is 0 Å². The summed E-state index contributed by atoms with van der Waals surface area (Å²) in [4.78, 5) is 20.1. The van der Waals surface area contributed by atoms with E-state index in [1.165, 1.54) is 14.6 Å². The van der Waals surface area contributed by atoms with Crippen LogP contribution in [0.4, 0.5) is 11.4 Å². The van der Waals surface area contributed by atoms with Gasteiger partial charge in [-0.15, -0.1) is 0 Å². The molecule has 0 N–H and O–H groups in total. The number of hydrogen-bond donors (Lipinski definition) is 0. The second-order valence-corrected chi connectivity index (χ2v) is 11.5. The van der Waals surface area contributed by atoms with Gasteiger partial charge < -0.3 is 4.74 Å². The van der Waals surface area contributed by atoms with E-state index in [9.17, 15) is 4.79 Å². The van der Waals surface area contributed by atoms with E-state index in [1.807, 2.05) is 77.7 Å². The van der Waals surface area contributed by atoms with Gasteiger partial charge in [0.1, 0.15) is 12.4 Å². The molecule has 0 atom stereocenters.